The lowest BCUT2D eigenvalue weighted by atomic mass is 10.1. The van der Waals surface area contributed by atoms with E-state index in [0.717, 1.165) is 24.1 Å². The third-order valence-corrected chi connectivity index (χ3v) is 5.55. The Hall–Kier alpha value is -3.15. The average molecular weight is 408 g/mol. The first-order valence-electron chi connectivity index (χ1n) is 10.4. The molecule has 1 atom stereocenters. The number of rotatable bonds is 7. The van der Waals surface area contributed by atoms with Crippen LogP contribution in [0.2, 0.25) is 0 Å². The van der Waals surface area contributed by atoms with Crippen molar-refractivity contribution in [1.29, 1.82) is 0 Å². The molecule has 2 N–H and O–H groups in total. The standard InChI is InChI=1S/C24H29N3O3/c1-4-5-12-27-15-19(14-22(27)28)24(30)25-20-10-7-18(8-11-20)23(29)26-21-9-6-16(2)17(3)13-21/h6-11,13,19H,4-5,12,14-15H2,1-3H3,(H,25,30)(H,26,29)/t19-/m1/s1. The number of nitrogens with one attached hydrogen (secondary N) is 2. The molecule has 0 unspecified atom stereocenters. The summed E-state index contributed by atoms with van der Waals surface area (Å²) in [5, 5.41) is 5.75. The number of unbranched alkanes of at least 4 members (excludes halogenated alkanes) is 1. The van der Waals surface area contributed by atoms with Gasteiger partial charge in [0.05, 0.1) is 5.92 Å². The minimum atomic E-state index is -0.331. The first-order valence-corrected chi connectivity index (χ1v) is 10.4. The van der Waals surface area contributed by atoms with E-state index in [0.29, 0.717) is 24.3 Å². The molecule has 1 saturated heterocycles. The van der Waals surface area contributed by atoms with Gasteiger partial charge in [0.2, 0.25) is 11.8 Å². The van der Waals surface area contributed by atoms with Gasteiger partial charge in [0.25, 0.3) is 5.91 Å². The molecule has 0 aliphatic carbocycles. The molecule has 1 aliphatic rings. The molecule has 0 saturated carbocycles. The van der Waals surface area contributed by atoms with Crippen LogP contribution in [0, 0.1) is 19.8 Å². The van der Waals surface area contributed by atoms with Crippen LogP contribution in [-0.4, -0.2) is 35.7 Å². The summed E-state index contributed by atoms with van der Waals surface area (Å²) in [7, 11) is 0. The fraction of sp³-hybridized carbons (Fsp3) is 0.375. The molecule has 0 spiro atoms. The van der Waals surface area contributed by atoms with Crippen molar-refractivity contribution >= 4 is 29.1 Å². The highest BCUT2D eigenvalue weighted by Crippen LogP contribution is 2.21. The second-order valence-corrected chi connectivity index (χ2v) is 7.91. The lowest BCUT2D eigenvalue weighted by molar-refractivity contribution is -0.128. The monoisotopic (exact) mass is 407 g/mol. The maximum Gasteiger partial charge on any atom is 0.255 e. The van der Waals surface area contributed by atoms with E-state index in [1.807, 2.05) is 32.0 Å². The van der Waals surface area contributed by atoms with Gasteiger partial charge >= 0.3 is 0 Å². The summed E-state index contributed by atoms with van der Waals surface area (Å²) in [6, 6.07) is 12.6. The Morgan fingerprint density at radius 1 is 1.00 bits per heavy atom. The number of nitrogens with zero attached hydrogens (tertiary/aromatic N) is 1. The summed E-state index contributed by atoms with van der Waals surface area (Å²) in [6.07, 6.45) is 2.22. The molecule has 0 aromatic heterocycles. The number of hydrogen-bond acceptors (Lipinski definition) is 3. The van der Waals surface area contributed by atoms with Gasteiger partial charge in [-0.3, -0.25) is 14.4 Å². The molecule has 2 aromatic rings. The van der Waals surface area contributed by atoms with Crippen LogP contribution in [0.25, 0.3) is 0 Å². The first kappa shape index (κ1) is 21.6. The molecule has 1 heterocycles. The quantitative estimate of drug-likeness (QED) is 0.724. The SMILES string of the molecule is CCCCN1C[C@H](C(=O)Nc2ccc(C(=O)Nc3ccc(C)c(C)c3)cc2)CC1=O. The fourth-order valence-electron chi connectivity index (χ4n) is 3.48. The minimum Gasteiger partial charge on any atom is -0.342 e. The number of anilines is 2. The van der Waals surface area contributed by atoms with Crippen molar-refractivity contribution in [3.05, 3.63) is 59.2 Å². The molecule has 6 heteroatoms. The van der Waals surface area contributed by atoms with Crippen LogP contribution in [0.3, 0.4) is 0 Å². The Balaban J connectivity index is 1.56. The number of amides is 3. The van der Waals surface area contributed by atoms with Gasteiger partial charge in [-0.15, -0.1) is 0 Å². The number of likely N-dealkylation sites (tertiary alicyclic amines) is 1. The van der Waals surface area contributed by atoms with Gasteiger partial charge in [-0.2, -0.15) is 0 Å². The van der Waals surface area contributed by atoms with Crippen molar-refractivity contribution in [2.75, 3.05) is 23.7 Å². The highest BCUT2D eigenvalue weighted by molar-refractivity contribution is 6.05. The van der Waals surface area contributed by atoms with Gasteiger partial charge in [0, 0.05) is 36.4 Å². The smallest absolute Gasteiger partial charge is 0.255 e. The first-order chi connectivity index (χ1) is 14.4. The predicted molar refractivity (Wildman–Crippen MR) is 119 cm³/mol. The minimum absolute atomic E-state index is 0.0435. The summed E-state index contributed by atoms with van der Waals surface area (Å²) >= 11 is 0. The van der Waals surface area contributed by atoms with Crippen molar-refractivity contribution in [1.82, 2.24) is 4.90 Å². The number of carbonyl (C=O) groups excluding carboxylic acids is 3. The number of benzene rings is 2. The van der Waals surface area contributed by atoms with Gasteiger partial charge < -0.3 is 15.5 Å². The van der Waals surface area contributed by atoms with Crippen LogP contribution in [0.4, 0.5) is 11.4 Å². The van der Waals surface area contributed by atoms with E-state index in [4.69, 9.17) is 0 Å². The molecule has 3 rings (SSSR count). The second kappa shape index (κ2) is 9.57. The van der Waals surface area contributed by atoms with Crippen molar-refractivity contribution < 1.29 is 14.4 Å². The Bertz CT molecular complexity index is 937. The van der Waals surface area contributed by atoms with Crippen LogP contribution in [0.1, 0.15) is 47.7 Å². The highest BCUT2D eigenvalue weighted by atomic mass is 16.2. The van der Waals surface area contributed by atoms with Crippen LogP contribution >= 0.6 is 0 Å². The number of hydrogen-bond donors (Lipinski definition) is 2. The van der Waals surface area contributed by atoms with Gasteiger partial charge in [-0.05, 0) is 67.8 Å². The molecular formula is C24H29N3O3. The van der Waals surface area contributed by atoms with E-state index >= 15 is 0 Å². The zero-order valence-corrected chi connectivity index (χ0v) is 17.8. The van der Waals surface area contributed by atoms with E-state index in [-0.39, 0.29) is 30.1 Å². The molecule has 0 radical (unpaired) electrons. The van der Waals surface area contributed by atoms with Crippen molar-refractivity contribution in [3.63, 3.8) is 0 Å². The fourth-order valence-corrected chi connectivity index (χ4v) is 3.48. The molecule has 6 nitrogen and oxygen atoms in total. The van der Waals surface area contributed by atoms with Gasteiger partial charge in [0.15, 0.2) is 0 Å². The lowest BCUT2D eigenvalue weighted by Crippen LogP contribution is -2.29. The number of carbonyl (C=O) groups is 3. The maximum absolute atomic E-state index is 12.5. The largest absolute Gasteiger partial charge is 0.342 e. The molecule has 30 heavy (non-hydrogen) atoms. The molecule has 158 valence electrons. The Labute approximate surface area is 177 Å². The Morgan fingerprint density at radius 3 is 2.37 bits per heavy atom. The second-order valence-electron chi connectivity index (χ2n) is 7.91. The van der Waals surface area contributed by atoms with Gasteiger partial charge in [0.1, 0.15) is 0 Å². The maximum atomic E-state index is 12.5. The summed E-state index contributed by atoms with van der Waals surface area (Å²) in [6.45, 7) is 7.29. The zero-order chi connectivity index (χ0) is 21.7. The third kappa shape index (κ3) is 5.26. The number of aryl methyl sites for hydroxylation is 2. The Morgan fingerprint density at radius 2 is 1.70 bits per heavy atom. The van der Waals surface area contributed by atoms with E-state index in [1.54, 1.807) is 29.2 Å². The summed E-state index contributed by atoms with van der Waals surface area (Å²) in [4.78, 5) is 38.8. The molecule has 1 fully saturated rings. The van der Waals surface area contributed by atoms with Crippen LogP contribution < -0.4 is 10.6 Å². The highest BCUT2D eigenvalue weighted by Gasteiger charge is 2.33. The predicted octanol–water partition coefficient (Wildman–Crippen LogP) is 4.14. The van der Waals surface area contributed by atoms with Crippen molar-refractivity contribution in [3.8, 4) is 0 Å². The third-order valence-electron chi connectivity index (χ3n) is 5.55. The average Bonchev–Trinajstić information content (AvgIpc) is 3.10. The van der Waals surface area contributed by atoms with Crippen LogP contribution in [0.5, 0.6) is 0 Å². The van der Waals surface area contributed by atoms with E-state index in [1.165, 1.54) is 5.56 Å². The molecule has 3 amide bonds. The topological polar surface area (TPSA) is 78.5 Å². The van der Waals surface area contributed by atoms with Crippen molar-refractivity contribution in [2.24, 2.45) is 5.92 Å². The molecule has 2 aromatic carbocycles. The lowest BCUT2D eigenvalue weighted by Gasteiger charge is -2.16. The van der Waals surface area contributed by atoms with Gasteiger partial charge in [-0.25, -0.2) is 0 Å². The normalized spacial score (nSPS) is 15.9. The van der Waals surface area contributed by atoms with Gasteiger partial charge in [-0.1, -0.05) is 19.4 Å². The van der Waals surface area contributed by atoms with Crippen molar-refractivity contribution in [2.45, 2.75) is 40.0 Å². The van der Waals surface area contributed by atoms with E-state index in [9.17, 15) is 14.4 Å². The molecular weight excluding hydrogens is 378 g/mol. The summed E-state index contributed by atoms with van der Waals surface area (Å²) in [5.74, 6) is -0.650. The zero-order valence-electron chi connectivity index (χ0n) is 17.8. The van der Waals surface area contributed by atoms with Crippen LogP contribution in [-0.2, 0) is 9.59 Å². The van der Waals surface area contributed by atoms with Crippen LogP contribution in [0.15, 0.2) is 42.5 Å². The molecule has 0 bridgehead atoms. The Kier molecular flexibility index (Phi) is 6.87. The molecule has 1 aliphatic heterocycles. The summed E-state index contributed by atoms with van der Waals surface area (Å²) in [5.41, 5.74) is 4.16. The van der Waals surface area contributed by atoms with E-state index < -0.39 is 0 Å². The summed E-state index contributed by atoms with van der Waals surface area (Å²) < 4.78 is 0. The van der Waals surface area contributed by atoms with E-state index in [2.05, 4.69) is 17.6 Å².